The highest BCUT2D eigenvalue weighted by Crippen LogP contribution is 2.63. The zero-order valence-electron chi connectivity index (χ0n) is 17.6. The molecule has 0 saturated heterocycles. The van der Waals surface area contributed by atoms with Crippen LogP contribution in [0.1, 0.15) is 45.4 Å². The number of carbonyl (C=O) groups is 2. The highest BCUT2D eigenvalue weighted by atomic mass is 32.2. The van der Waals surface area contributed by atoms with Gasteiger partial charge in [-0.15, -0.1) is 0 Å². The van der Waals surface area contributed by atoms with Crippen molar-refractivity contribution in [2.45, 2.75) is 69.4 Å². The maximum absolute atomic E-state index is 13.3. The van der Waals surface area contributed by atoms with Crippen LogP contribution >= 0.6 is 0 Å². The first-order valence-electron chi connectivity index (χ1n) is 10.2. The van der Waals surface area contributed by atoms with Gasteiger partial charge in [-0.3, -0.25) is 19.0 Å². The lowest BCUT2D eigenvalue weighted by Gasteiger charge is -2.60. The van der Waals surface area contributed by atoms with Crippen molar-refractivity contribution in [3.05, 3.63) is 0 Å². The van der Waals surface area contributed by atoms with E-state index in [4.69, 9.17) is 9.29 Å². The van der Waals surface area contributed by atoms with Crippen molar-refractivity contribution in [3.63, 3.8) is 0 Å². The molecule has 1 N–H and O–H groups in total. The molecule has 0 aromatic heterocycles. The molecule has 0 aromatic rings. The lowest BCUT2D eigenvalue weighted by atomic mass is 9.48. The van der Waals surface area contributed by atoms with Gasteiger partial charge < -0.3 is 9.47 Å². The Kier molecular flexibility index (Phi) is 6.16. The lowest BCUT2D eigenvalue weighted by molar-refractivity contribution is -0.238. The topological polar surface area (TPSA) is 110 Å². The van der Waals surface area contributed by atoms with Gasteiger partial charge in [0.15, 0.2) is 0 Å². The molecule has 4 fully saturated rings. The van der Waals surface area contributed by atoms with Gasteiger partial charge in [0.1, 0.15) is 17.4 Å². The Morgan fingerprint density at radius 2 is 1.71 bits per heavy atom. The second-order valence-electron chi connectivity index (χ2n) is 9.67. The van der Waals surface area contributed by atoms with Gasteiger partial charge in [-0.2, -0.15) is 21.6 Å². The zero-order valence-corrected chi connectivity index (χ0v) is 18.5. The molecular formula is C19H28F3NO7S. The van der Waals surface area contributed by atoms with Crippen molar-refractivity contribution in [2.75, 3.05) is 19.8 Å². The first-order valence-corrected chi connectivity index (χ1v) is 11.8. The highest BCUT2D eigenvalue weighted by molar-refractivity contribution is 7.85. The van der Waals surface area contributed by atoms with E-state index in [9.17, 15) is 31.2 Å². The molecule has 4 unspecified atom stereocenters. The smallest absolute Gasteiger partial charge is 0.426 e. The van der Waals surface area contributed by atoms with Crippen molar-refractivity contribution in [2.24, 2.45) is 17.3 Å². The predicted octanol–water partition coefficient (Wildman–Crippen LogP) is 2.18. The fourth-order valence-corrected chi connectivity index (χ4v) is 6.33. The van der Waals surface area contributed by atoms with Gasteiger partial charge >= 0.3 is 18.1 Å². The van der Waals surface area contributed by atoms with E-state index in [1.807, 2.05) is 0 Å². The van der Waals surface area contributed by atoms with Crippen LogP contribution in [-0.4, -0.2) is 73.6 Å². The van der Waals surface area contributed by atoms with Crippen LogP contribution < -0.4 is 0 Å². The van der Waals surface area contributed by atoms with Gasteiger partial charge in [-0.05, 0) is 65.0 Å². The second kappa shape index (κ2) is 7.87. The molecular weight excluding hydrogens is 443 g/mol. The molecule has 4 atom stereocenters. The number of likely N-dealkylation sites (N-methyl/N-ethyl adjacent to an activating group) is 1. The van der Waals surface area contributed by atoms with Crippen molar-refractivity contribution in [1.29, 1.82) is 0 Å². The van der Waals surface area contributed by atoms with Crippen molar-refractivity contribution in [3.8, 4) is 0 Å². The SMILES string of the molecule is CC(C(=O)OC12CC3CC(C1)CC(C(=O)OC(CS(=O)(=O)O)C(F)(F)F)(C3)C2)N(C)C. The summed E-state index contributed by atoms with van der Waals surface area (Å²) in [5, 5.41) is 0. The van der Waals surface area contributed by atoms with E-state index in [0.29, 0.717) is 25.7 Å². The molecule has 0 radical (unpaired) electrons. The van der Waals surface area contributed by atoms with Crippen LogP contribution in [0.5, 0.6) is 0 Å². The summed E-state index contributed by atoms with van der Waals surface area (Å²) in [7, 11) is -1.59. The van der Waals surface area contributed by atoms with E-state index in [-0.39, 0.29) is 18.3 Å². The van der Waals surface area contributed by atoms with E-state index < -0.39 is 57.1 Å². The molecule has 4 aliphatic carbocycles. The number of alkyl halides is 3. The molecule has 8 nitrogen and oxygen atoms in total. The Morgan fingerprint density at radius 3 is 2.16 bits per heavy atom. The third-order valence-corrected chi connectivity index (χ3v) is 7.57. The van der Waals surface area contributed by atoms with Crippen LogP contribution in [0.2, 0.25) is 0 Å². The molecule has 12 heteroatoms. The quantitative estimate of drug-likeness (QED) is 0.445. The standard InChI is InChI=1S/C19H28F3NO7S/c1-11(23(2)3)15(24)30-18-7-12-4-13(8-18)6-17(5-12,10-18)16(25)29-14(19(20,21)22)9-31(26,27)28/h11-14H,4-10H2,1-3H3,(H,26,27,28). The molecule has 4 aliphatic rings. The number of rotatable bonds is 7. The summed E-state index contributed by atoms with van der Waals surface area (Å²) in [5.74, 6) is -3.36. The Bertz CT molecular complexity index is 828. The van der Waals surface area contributed by atoms with Gasteiger partial charge in [0.25, 0.3) is 10.1 Å². The monoisotopic (exact) mass is 471 g/mol. The lowest BCUT2D eigenvalue weighted by Crippen LogP contribution is -2.61. The minimum absolute atomic E-state index is 0.00201. The minimum Gasteiger partial charge on any atom is -0.458 e. The maximum Gasteiger partial charge on any atom is 0.426 e. The molecule has 0 aliphatic heterocycles. The Labute approximate surface area is 179 Å². The summed E-state index contributed by atoms with van der Waals surface area (Å²) in [5.41, 5.74) is -2.21. The summed E-state index contributed by atoms with van der Waals surface area (Å²) in [6, 6.07) is -0.528. The van der Waals surface area contributed by atoms with Crippen LogP contribution in [0.4, 0.5) is 13.2 Å². The van der Waals surface area contributed by atoms with E-state index in [1.165, 1.54) is 0 Å². The van der Waals surface area contributed by atoms with Crippen LogP contribution in [0.15, 0.2) is 0 Å². The molecule has 0 amide bonds. The van der Waals surface area contributed by atoms with Crippen molar-refractivity contribution >= 4 is 22.1 Å². The summed E-state index contributed by atoms with van der Waals surface area (Å²) < 4.78 is 81.2. The van der Waals surface area contributed by atoms with E-state index in [0.717, 1.165) is 6.42 Å². The molecule has 4 rings (SSSR count). The number of nitrogens with zero attached hydrogens (tertiary/aromatic N) is 1. The zero-order chi connectivity index (χ0) is 23.4. The molecule has 31 heavy (non-hydrogen) atoms. The predicted molar refractivity (Wildman–Crippen MR) is 101 cm³/mol. The van der Waals surface area contributed by atoms with Crippen LogP contribution in [0.3, 0.4) is 0 Å². The molecule has 178 valence electrons. The Morgan fingerprint density at radius 1 is 1.16 bits per heavy atom. The van der Waals surface area contributed by atoms with Gasteiger partial charge in [0.05, 0.1) is 5.41 Å². The number of carbonyl (C=O) groups excluding carboxylic acids is 2. The highest BCUT2D eigenvalue weighted by Gasteiger charge is 2.64. The third-order valence-electron chi connectivity index (χ3n) is 6.85. The average molecular weight is 471 g/mol. The summed E-state index contributed by atoms with van der Waals surface area (Å²) in [6.07, 6.45) is -5.58. The van der Waals surface area contributed by atoms with Crippen molar-refractivity contribution < 1.29 is 45.2 Å². The van der Waals surface area contributed by atoms with E-state index >= 15 is 0 Å². The number of hydrogen-bond acceptors (Lipinski definition) is 7. The largest absolute Gasteiger partial charge is 0.458 e. The third kappa shape index (κ3) is 5.16. The summed E-state index contributed by atoms with van der Waals surface area (Å²) in [4.78, 5) is 27.2. The van der Waals surface area contributed by atoms with E-state index in [2.05, 4.69) is 4.74 Å². The minimum atomic E-state index is -5.15. The maximum atomic E-state index is 13.3. The molecule has 0 heterocycles. The molecule has 0 aromatic carbocycles. The Hall–Kier alpha value is -1.40. The number of hydrogen-bond donors (Lipinski definition) is 1. The first kappa shape index (κ1) is 24.2. The summed E-state index contributed by atoms with van der Waals surface area (Å²) >= 11 is 0. The van der Waals surface area contributed by atoms with Crippen LogP contribution in [-0.2, 0) is 29.2 Å². The van der Waals surface area contributed by atoms with Crippen LogP contribution in [0.25, 0.3) is 0 Å². The van der Waals surface area contributed by atoms with Crippen molar-refractivity contribution in [1.82, 2.24) is 4.90 Å². The van der Waals surface area contributed by atoms with Gasteiger partial charge in [-0.25, -0.2) is 0 Å². The fraction of sp³-hybridized carbons (Fsp3) is 0.895. The van der Waals surface area contributed by atoms with Gasteiger partial charge in [-0.1, -0.05) is 0 Å². The van der Waals surface area contributed by atoms with Crippen LogP contribution in [0, 0.1) is 17.3 Å². The van der Waals surface area contributed by atoms with Gasteiger partial charge in [0, 0.05) is 6.42 Å². The Balaban J connectivity index is 1.82. The molecule has 0 spiro atoms. The number of esters is 2. The number of ether oxygens (including phenoxy) is 2. The van der Waals surface area contributed by atoms with Gasteiger partial charge in [0.2, 0.25) is 6.10 Å². The second-order valence-corrected chi connectivity index (χ2v) is 11.2. The average Bonchev–Trinajstić information content (AvgIpc) is 2.56. The fourth-order valence-electron chi connectivity index (χ4n) is 5.69. The normalized spacial score (nSPS) is 34.5. The number of halogens is 3. The molecule has 4 saturated carbocycles. The summed E-state index contributed by atoms with van der Waals surface area (Å²) in [6.45, 7) is 1.68. The van der Waals surface area contributed by atoms with E-state index in [1.54, 1.807) is 25.9 Å². The first-order chi connectivity index (χ1) is 14.0. The molecule has 4 bridgehead atoms.